The molecule has 3 N–H and O–H groups in total. The Hall–Kier alpha value is 0.360. The molecule has 4 heteroatoms. The van der Waals surface area contributed by atoms with Crippen LogP contribution in [0.1, 0.15) is 0 Å². The van der Waals surface area contributed by atoms with Crippen LogP contribution in [-0.2, 0) is 0 Å². The number of hydrogen-bond acceptors (Lipinski definition) is 3. The Morgan fingerprint density at radius 3 is 1.20 bits per heavy atom. The number of halogens is 1. The lowest BCUT2D eigenvalue weighted by Gasteiger charge is -1.98. The largest absolute Gasteiger partial charge is 0.337 e. The van der Waals surface area contributed by atoms with E-state index in [0.717, 1.165) is 0 Å². The Kier molecular flexibility index (Phi) is 1.30. The highest BCUT2D eigenvalue weighted by molar-refractivity contribution is 9.09. The normalized spacial score (nSPS) is 12.0. The number of hydrogen-bond donors (Lipinski definition) is 3. The van der Waals surface area contributed by atoms with Crippen LogP contribution in [0.3, 0.4) is 0 Å². The van der Waals surface area contributed by atoms with Gasteiger partial charge in [-0.15, -0.1) is 0 Å². The van der Waals surface area contributed by atoms with E-state index in [1.54, 1.807) is 0 Å². The topological polar surface area (TPSA) is 60.7 Å². The highest BCUT2D eigenvalue weighted by Gasteiger charge is 2.07. The van der Waals surface area contributed by atoms with Crippen LogP contribution in [0.5, 0.6) is 0 Å². The molecule has 0 heterocycles. The van der Waals surface area contributed by atoms with E-state index in [1.807, 2.05) is 15.9 Å². The molecule has 0 amide bonds. The summed E-state index contributed by atoms with van der Waals surface area (Å²) in [5.74, 6) is 0. The molecule has 0 bridgehead atoms. The van der Waals surface area contributed by atoms with Gasteiger partial charge in [0.2, 0.25) is 0 Å². The van der Waals surface area contributed by atoms with Crippen LogP contribution in [0, 0.1) is 0 Å². The first kappa shape index (κ1) is 5.36. The molecule has 0 aromatic rings. The summed E-state index contributed by atoms with van der Waals surface area (Å²) < 4.78 is 0. The van der Waals surface area contributed by atoms with E-state index in [4.69, 9.17) is 15.3 Å². The van der Waals surface area contributed by atoms with Crippen LogP contribution >= 0.6 is 15.9 Å². The SMILES string of the molecule is OC(O)(O)Br. The molecular formula is CH3BrO3. The van der Waals surface area contributed by atoms with Crippen LogP contribution in [0.4, 0.5) is 0 Å². The molecule has 0 radical (unpaired) electrons. The van der Waals surface area contributed by atoms with Crippen molar-refractivity contribution in [3.05, 3.63) is 0 Å². The van der Waals surface area contributed by atoms with E-state index in [-0.39, 0.29) is 0 Å². The summed E-state index contributed by atoms with van der Waals surface area (Å²) in [7, 11) is 0. The van der Waals surface area contributed by atoms with E-state index in [1.165, 1.54) is 0 Å². The second kappa shape index (κ2) is 1.22. The Bertz CT molecular complexity index is 22.4. The van der Waals surface area contributed by atoms with E-state index in [2.05, 4.69) is 0 Å². The summed E-state index contributed by atoms with van der Waals surface area (Å²) in [4.78, 5) is -2.69. The van der Waals surface area contributed by atoms with E-state index in [0.29, 0.717) is 0 Å². The highest BCUT2D eigenvalue weighted by atomic mass is 79.9. The van der Waals surface area contributed by atoms with Crippen LogP contribution in [0.15, 0.2) is 0 Å². The van der Waals surface area contributed by atoms with Crippen molar-refractivity contribution in [2.24, 2.45) is 0 Å². The van der Waals surface area contributed by atoms with Gasteiger partial charge in [-0.25, -0.2) is 0 Å². The summed E-state index contributed by atoms with van der Waals surface area (Å²) in [5.41, 5.74) is 0. The molecule has 0 spiro atoms. The van der Waals surface area contributed by atoms with Crippen molar-refractivity contribution in [3.63, 3.8) is 0 Å². The molecule has 0 atom stereocenters. The standard InChI is InChI=1S/CH3BrO3/c2-1(3,4)5/h3-5H. The van der Waals surface area contributed by atoms with Gasteiger partial charge in [0.1, 0.15) is 0 Å². The van der Waals surface area contributed by atoms with Gasteiger partial charge in [0.05, 0.1) is 0 Å². The summed E-state index contributed by atoms with van der Waals surface area (Å²) in [6, 6.07) is 0. The summed E-state index contributed by atoms with van der Waals surface area (Å²) in [5, 5.41) is 22.6. The first-order valence-electron chi connectivity index (χ1n) is 0.860. The van der Waals surface area contributed by atoms with Gasteiger partial charge in [-0.3, -0.25) is 0 Å². The van der Waals surface area contributed by atoms with Crippen molar-refractivity contribution in [2.75, 3.05) is 0 Å². The van der Waals surface area contributed by atoms with Crippen molar-refractivity contribution >= 4 is 15.9 Å². The van der Waals surface area contributed by atoms with Gasteiger partial charge in [-0.2, -0.15) is 0 Å². The van der Waals surface area contributed by atoms with Crippen molar-refractivity contribution < 1.29 is 15.3 Å². The average molecular weight is 143 g/mol. The minimum Gasteiger partial charge on any atom is -0.334 e. The smallest absolute Gasteiger partial charge is 0.334 e. The monoisotopic (exact) mass is 142 g/mol. The van der Waals surface area contributed by atoms with Crippen LogP contribution in [-0.4, -0.2) is 20.2 Å². The van der Waals surface area contributed by atoms with Crippen molar-refractivity contribution in [1.29, 1.82) is 0 Å². The molecule has 0 aliphatic rings. The maximum absolute atomic E-state index is 7.55. The minimum absolute atomic E-state index is 2.04. The third kappa shape index (κ3) is 187. The van der Waals surface area contributed by atoms with Gasteiger partial charge in [-0.05, 0) is 0 Å². The van der Waals surface area contributed by atoms with Crippen molar-refractivity contribution in [2.45, 2.75) is 4.88 Å². The Morgan fingerprint density at radius 1 is 1.20 bits per heavy atom. The lowest BCUT2D eigenvalue weighted by molar-refractivity contribution is -0.227. The third-order valence-electron chi connectivity index (χ3n) is 0. The summed E-state index contributed by atoms with van der Waals surface area (Å²) >= 11 is 2.04. The fourth-order valence-electron chi connectivity index (χ4n) is 0. The highest BCUT2D eigenvalue weighted by Crippen LogP contribution is 1.99. The van der Waals surface area contributed by atoms with Crippen LogP contribution in [0.2, 0.25) is 0 Å². The second-order valence-electron chi connectivity index (χ2n) is 0.554. The fraction of sp³-hybridized carbons (Fsp3) is 1.00. The zero-order chi connectivity index (χ0) is 4.50. The molecule has 32 valence electrons. The maximum Gasteiger partial charge on any atom is 0.337 e. The quantitative estimate of drug-likeness (QED) is 0.300. The predicted molar refractivity (Wildman–Crippen MR) is 18.3 cm³/mol. The first-order valence-corrected chi connectivity index (χ1v) is 1.65. The molecule has 3 nitrogen and oxygen atoms in total. The molecule has 0 aromatic heterocycles. The van der Waals surface area contributed by atoms with Gasteiger partial charge < -0.3 is 15.3 Å². The zero-order valence-corrected chi connectivity index (χ0v) is 3.81. The Labute approximate surface area is 37.0 Å². The predicted octanol–water partition coefficient (Wildman–Crippen LogP) is -1.03. The molecule has 0 saturated heterocycles. The summed E-state index contributed by atoms with van der Waals surface area (Å²) in [6.45, 7) is 0. The average Bonchev–Trinajstić information content (AvgIpc) is 0.722. The molecule has 0 rings (SSSR count). The number of aliphatic hydroxyl groups is 3. The molecule has 5 heavy (non-hydrogen) atoms. The Morgan fingerprint density at radius 2 is 1.20 bits per heavy atom. The lowest BCUT2D eigenvalue weighted by atomic mass is 11.4. The zero-order valence-electron chi connectivity index (χ0n) is 2.22. The molecule has 0 aliphatic heterocycles. The minimum atomic E-state index is -2.69. The van der Waals surface area contributed by atoms with E-state index < -0.39 is 4.88 Å². The molecular weight excluding hydrogens is 140 g/mol. The van der Waals surface area contributed by atoms with Gasteiger partial charge >= 0.3 is 4.88 Å². The first-order chi connectivity index (χ1) is 2.00. The van der Waals surface area contributed by atoms with Gasteiger partial charge in [0.15, 0.2) is 0 Å². The molecule has 0 fully saturated rings. The fourth-order valence-corrected chi connectivity index (χ4v) is 0. The van der Waals surface area contributed by atoms with Gasteiger partial charge in [0.25, 0.3) is 0 Å². The van der Waals surface area contributed by atoms with Crippen LogP contribution < -0.4 is 0 Å². The van der Waals surface area contributed by atoms with Crippen molar-refractivity contribution in [1.82, 2.24) is 0 Å². The number of alkyl halides is 1. The number of rotatable bonds is 0. The van der Waals surface area contributed by atoms with Gasteiger partial charge in [-0.1, -0.05) is 0 Å². The Balaban J connectivity index is 3.02. The second-order valence-corrected chi connectivity index (χ2v) is 1.62. The molecule has 0 unspecified atom stereocenters. The molecule has 0 aliphatic carbocycles. The van der Waals surface area contributed by atoms with Gasteiger partial charge in [0, 0.05) is 15.9 Å². The lowest BCUT2D eigenvalue weighted by Crippen LogP contribution is -2.15. The molecule has 0 aromatic carbocycles. The summed E-state index contributed by atoms with van der Waals surface area (Å²) in [6.07, 6.45) is 0. The maximum atomic E-state index is 7.55. The van der Waals surface area contributed by atoms with E-state index >= 15 is 0 Å². The van der Waals surface area contributed by atoms with E-state index in [9.17, 15) is 0 Å². The molecule has 0 saturated carbocycles. The van der Waals surface area contributed by atoms with Crippen LogP contribution in [0.25, 0.3) is 0 Å². The van der Waals surface area contributed by atoms with Crippen molar-refractivity contribution in [3.8, 4) is 0 Å². The third-order valence-corrected chi connectivity index (χ3v) is 0.